The molecule has 0 fully saturated rings. The van der Waals surface area contributed by atoms with Gasteiger partial charge in [-0.15, -0.1) is 0 Å². The topological polar surface area (TPSA) is 12.9 Å². The van der Waals surface area contributed by atoms with Crippen molar-refractivity contribution in [3.63, 3.8) is 0 Å². The van der Waals surface area contributed by atoms with Gasteiger partial charge in [0.05, 0.1) is 5.69 Å². The fourth-order valence-corrected chi connectivity index (χ4v) is 1.25. The van der Waals surface area contributed by atoms with E-state index in [1.165, 1.54) is 11.1 Å². The summed E-state index contributed by atoms with van der Waals surface area (Å²) in [4.78, 5) is 4.35. The summed E-state index contributed by atoms with van der Waals surface area (Å²) in [5.41, 5.74) is 3.40. The molecule has 0 aliphatic rings. The van der Waals surface area contributed by atoms with Gasteiger partial charge in [0.15, 0.2) is 0 Å². The van der Waals surface area contributed by atoms with Crippen LogP contribution in [0, 0.1) is 6.92 Å². The van der Waals surface area contributed by atoms with Crippen LogP contribution >= 0.6 is 0 Å². The number of hydrogen-bond donors (Lipinski definition) is 0. The molecule has 0 radical (unpaired) electrons. The number of nitrogens with zero attached hydrogens (tertiary/aromatic N) is 1. The van der Waals surface area contributed by atoms with E-state index in [0.717, 1.165) is 5.69 Å². The summed E-state index contributed by atoms with van der Waals surface area (Å²) in [5.74, 6) is 0. The van der Waals surface area contributed by atoms with Crippen LogP contribution < -0.4 is 0 Å². The van der Waals surface area contributed by atoms with Crippen molar-refractivity contribution in [2.24, 2.45) is 0 Å². The molecular formula is C14H17N. The second kappa shape index (κ2) is 5.97. The van der Waals surface area contributed by atoms with E-state index in [0.29, 0.717) is 0 Å². The Kier molecular flexibility index (Phi) is 4.55. The number of benzene rings is 1. The van der Waals surface area contributed by atoms with Crippen molar-refractivity contribution in [1.29, 1.82) is 0 Å². The molecule has 2 rings (SSSR count). The Morgan fingerprint density at radius 2 is 1.53 bits per heavy atom. The third kappa shape index (κ3) is 3.21. The van der Waals surface area contributed by atoms with Crippen molar-refractivity contribution in [2.75, 3.05) is 0 Å². The zero-order valence-electron chi connectivity index (χ0n) is 9.57. The van der Waals surface area contributed by atoms with Gasteiger partial charge in [0, 0.05) is 11.8 Å². The Morgan fingerprint density at radius 3 is 2.07 bits per heavy atom. The van der Waals surface area contributed by atoms with E-state index in [4.69, 9.17) is 0 Å². The fourth-order valence-electron chi connectivity index (χ4n) is 1.25. The van der Waals surface area contributed by atoms with Crippen LogP contribution in [0.25, 0.3) is 11.3 Å². The Morgan fingerprint density at radius 1 is 0.867 bits per heavy atom. The van der Waals surface area contributed by atoms with Gasteiger partial charge in [-0.2, -0.15) is 0 Å². The van der Waals surface area contributed by atoms with Crippen LogP contribution in [0.1, 0.15) is 19.4 Å². The van der Waals surface area contributed by atoms with E-state index in [1.54, 1.807) is 0 Å². The number of aryl methyl sites for hydroxylation is 1. The van der Waals surface area contributed by atoms with Crippen LogP contribution in [-0.2, 0) is 0 Å². The zero-order chi connectivity index (χ0) is 11.1. The summed E-state index contributed by atoms with van der Waals surface area (Å²) in [6.07, 6.45) is 1.89. The minimum atomic E-state index is 1.03. The van der Waals surface area contributed by atoms with Crippen molar-refractivity contribution < 1.29 is 0 Å². The van der Waals surface area contributed by atoms with E-state index < -0.39 is 0 Å². The Bertz CT molecular complexity index is 376. The molecule has 0 saturated heterocycles. The summed E-state index contributed by atoms with van der Waals surface area (Å²) in [6, 6.07) is 14.3. The molecule has 1 heteroatoms. The molecule has 0 unspecified atom stereocenters. The molecule has 0 aliphatic heterocycles. The second-order valence-corrected chi connectivity index (χ2v) is 3.09. The summed E-state index contributed by atoms with van der Waals surface area (Å²) in [5, 5.41) is 0. The summed E-state index contributed by atoms with van der Waals surface area (Å²) < 4.78 is 0. The number of aromatic nitrogens is 1. The lowest BCUT2D eigenvalue weighted by atomic mass is 10.1. The quantitative estimate of drug-likeness (QED) is 0.674. The van der Waals surface area contributed by atoms with Crippen LogP contribution in [0.15, 0.2) is 48.7 Å². The lowest BCUT2D eigenvalue weighted by molar-refractivity contribution is 1.27. The molecule has 1 heterocycles. The predicted molar refractivity (Wildman–Crippen MR) is 65.8 cm³/mol. The van der Waals surface area contributed by atoms with E-state index in [2.05, 4.69) is 23.2 Å². The first-order valence-corrected chi connectivity index (χ1v) is 5.34. The molecule has 1 nitrogen and oxygen atoms in total. The maximum Gasteiger partial charge on any atom is 0.0702 e. The zero-order valence-corrected chi connectivity index (χ0v) is 9.57. The summed E-state index contributed by atoms with van der Waals surface area (Å²) >= 11 is 0. The molecule has 15 heavy (non-hydrogen) atoms. The molecular weight excluding hydrogens is 182 g/mol. The van der Waals surface area contributed by atoms with Crippen LogP contribution in [0.4, 0.5) is 0 Å². The molecule has 0 spiro atoms. The highest BCUT2D eigenvalue weighted by atomic mass is 14.7. The van der Waals surface area contributed by atoms with Gasteiger partial charge in [0.2, 0.25) is 0 Å². The largest absolute Gasteiger partial charge is 0.256 e. The Balaban J connectivity index is 0.000000531. The van der Waals surface area contributed by atoms with E-state index >= 15 is 0 Å². The molecule has 2 aromatic rings. The average Bonchev–Trinajstić information content (AvgIpc) is 2.34. The van der Waals surface area contributed by atoms with Crippen molar-refractivity contribution in [1.82, 2.24) is 4.98 Å². The Hall–Kier alpha value is -1.63. The van der Waals surface area contributed by atoms with Crippen LogP contribution in [0.2, 0.25) is 0 Å². The van der Waals surface area contributed by atoms with Gasteiger partial charge >= 0.3 is 0 Å². The lowest BCUT2D eigenvalue weighted by Crippen LogP contribution is -1.82. The van der Waals surface area contributed by atoms with Gasteiger partial charge in [-0.25, -0.2) is 0 Å². The molecule has 0 bridgehead atoms. The first-order valence-electron chi connectivity index (χ1n) is 5.34. The number of pyridine rings is 1. The minimum absolute atomic E-state index is 1.03. The van der Waals surface area contributed by atoms with E-state index in [-0.39, 0.29) is 0 Å². The second-order valence-electron chi connectivity index (χ2n) is 3.09. The Labute approximate surface area is 91.8 Å². The summed E-state index contributed by atoms with van der Waals surface area (Å²) in [6.45, 7) is 6.04. The molecule has 0 aliphatic carbocycles. The summed E-state index contributed by atoms with van der Waals surface area (Å²) in [7, 11) is 0. The van der Waals surface area contributed by atoms with Gasteiger partial charge in [0.1, 0.15) is 0 Å². The molecule has 1 aromatic heterocycles. The van der Waals surface area contributed by atoms with Gasteiger partial charge in [-0.05, 0) is 18.6 Å². The van der Waals surface area contributed by atoms with Crippen molar-refractivity contribution in [3.8, 4) is 11.3 Å². The molecule has 78 valence electrons. The van der Waals surface area contributed by atoms with E-state index in [9.17, 15) is 0 Å². The van der Waals surface area contributed by atoms with Crippen molar-refractivity contribution in [2.45, 2.75) is 20.8 Å². The molecule has 0 saturated carbocycles. The highest BCUT2D eigenvalue weighted by molar-refractivity contribution is 5.58. The monoisotopic (exact) mass is 199 g/mol. The van der Waals surface area contributed by atoms with Gasteiger partial charge < -0.3 is 0 Å². The van der Waals surface area contributed by atoms with Gasteiger partial charge in [-0.1, -0.05) is 50.2 Å². The molecule has 1 aromatic carbocycles. The standard InChI is InChI=1S/C12H11N.C2H6/c1-10-7-8-12(13-9-10)11-5-3-2-4-6-11;1-2/h2-9H,1H3;1-2H3. The maximum absolute atomic E-state index is 4.35. The molecule has 0 atom stereocenters. The van der Waals surface area contributed by atoms with E-state index in [1.807, 2.05) is 51.2 Å². The van der Waals surface area contributed by atoms with Gasteiger partial charge in [-0.3, -0.25) is 4.98 Å². The van der Waals surface area contributed by atoms with Crippen LogP contribution in [-0.4, -0.2) is 4.98 Å². The fraction of sp³-hybridized carbons (Fsp3) is 0.214. The minimum Gasteiger partial charge on any atom is -0.256 e. The maximum atomic E-state index is 4.35. The van der Waals surface area contributed by atoms with Crippen molar-refractivity contribution in [3.05, 3.63) is 54.2 Å². The lowest BCUT2D eigenvalue weighted by Gasteiger charge is -1.99. The van der Waals surface area contributed by atoms with Gasteiger partial charge in [0.25, 0.3) is 0 Å². The first kappa shape index (κ1) is 11.4. The third-order valence-corrected chi connectivity index (χ3v) is 1.98. The SMILES string of the molecule is CC.Cc1ccc(-c2ccccc2)nc1. The number of hydrogen-bond acceptors (Lipinski definition) is 1. The first-order chi connectivity index (χ1) is 7.36. The third-order valence-electron chi connectivity index (χ3n) is 1.98. The average molecular weight is 199 g/mol. The molecule has 0 amide bonds. The smallest absolute Gasteiger partial charge is 0.0702 e. The molecule has 0 N–H and O–H groups in total. The highest BCUT2D eigenvalue weighted by Gasteiger charge is 1.95. The normalized spacial score (nSPS) is 9.00. The van der Waals surface area contributed by atoms with Crippen molar-refractivity contribution >= 4 is 0 Å². The van der Waals surface area contributed by atoms with Crippen LogP contribution in [0.3, 0.4) is 0 Å². The number of rotatable bonds is 1. The predicted octanol–water partition coefficient (Wildman–Crippen LogP) is 4.08. The van der Waals surface area contributed by atoms with Crippen LogP contribution in [0.5, 0.6) is 0 Å². The highest BCUT2D eigenvalue weighted by Crippen LogP contribution is 2.15.